The van der Waals surface area contributed by atoms with Crippen molar-refractivity contribution in [3.63, 3.8) is 0 Å². The van der Waals surface area contributed by atoms with E-state index in [1.807, 2.05) is 6.08 Å². The summed E-state index contributed by atoms with van der Waals surface area (Å²) in [5.74, 6) is 0. The van der Waals surface area contributed by atoms with E-state index in [0.29, 0.717) is 0 Å². The van der Waals surface area contributed by atoms with E-state index in [1.165, 1.54) is 25.7 Å². The molecule has 0 heterocycles. The van der Waals surface area contributed by atoms with Gasteiger partial charge in [0, 0.05) is 13.2 Å². The molecule has 0 aromatic rings. The van der Waals surface area contributed by atoms with Crippen molar-refractivity contribution in [2.75, 3.05) is 7.11 Å². The second kappa shape index (κ2) is 5.52. The Bertz CT molecular complexity index is 171. The highest BCUT2D eigenvalue weighted by Gasteiger charge is 2.36. The molecule has 1 aliphatic carbocycles. The average Bonchev–Trinajstić information content (AvgIpc) is 2.44. The summed E-state index contributed by atoms with van der Waals surface area (Å²) in [6.07, 6.45) is 10.1. The largest absolute Gasteiger partial charge is 0.377 e. The molecule has 2 N–H and O–H groups in total. The first kappa shape index (κ1) is 11.7. The molecule has 1 atom stereocenters. The molecule has 1 rings (SSSR count). The molecule has 14 heavy (non-hydrogen) atoms. The van der Waals surface area contributed by atoms with Gasteiger partial charge in [-0.05, 0) is 19.3 Å². The van der Waals surface area contributed by atoms with Crippen LogP contribution in [0.5, 0.6) is 0 Å². The van der Waals surface area contributed by atoms with Crippen molar-refractivity contribution >= 4 is 0 Å². The van der Waals surface area contributed by atoms with E-state index in [4.69, 9.17) is 10.5 Å². The summed E-state index contributed by atoms with van der Waals surface area (Å²) in [7, 11) is 1.80. The van der Waals surface area contributed by atoms with Gasteiger partial charge in [-0.25, -0.2) is 0 Å². The van der Waals surface area contributed by atoms with Gasteiger partial charge >= 0.3 is 0 Å². The van der Waals surface area contributed by atoms with Crippen LogP contribution in [0, 0.1) is 0 Å². The van der Waals surface area contributed by atoms with E-state index in [0.717, 1.165) is 19.3 Å². The van der Waals surface area contributed by atoms with Crippen LogP contribution in [0.4, 0.5) is 0 Å². The summed E-state index contributed by atoms with van der Waals surface area (Å²) in [6.45, 7) is 3.75. The zero-order chi connectivity index (χ0) is 10.4. The molecule has 0 aromatic carbocycles. The Kier molecular flexibility index (Phi) is 4.63. The van der Waals surface area contributed by atoms with E-state index in [1.54, 1.807) is 7.11 Å². The minimum atomic E-state index is -0.0787. The van der Waals surface area contributed by atoms with E-state index in [-0.39, 0.29) is 11.6 Å². The predicted octanol–water partition coefficient (Wildman–Crippen LogP) is 2.63. The summed E-state index contributed by atoms with van der Waals surface area (Å²) in [4.78, 5) is 0. The standard InChI is InChI=1S/C12H23NO/c1-3-8-11(13)12(14-2)9-6-4-5-7-10-12/h3,11H,1,4-10,13H2,2H3. The molecule has 0 aliphatic heterocycles. The zero-order valence-corrected chi connectivity index (χ0v) is 9.30. The molecule has 1 unspecified atom stereocenters. The molecule has 2 nitrogen and oxygen atoms in total. The lowest BCUT2D eigenvalue weighted by atomic mass is 9.85. The van der Waals surface area contributed by atoms with Crippen LogP contribution in [-0.2, 0) is 4.74 Å². The summed E-state index contributed by atoms with van der Waals surface area (Å²) < 4.78 is 5.70. The SMILES string of the molecule is C=CCC(N)C1(OC)CCCCCC1. The Morgan fingerprint density at radius 1 is 1.36 bits per heavy atom. The Balaban J connectivity index is 2.65. The third-order valence-electron chi connectivity index (χ3n) is 3.45. The summed E-state index contributed by atoms with van der Waals surface area (Å²) in [6, 6.07) is 0.114. The summed E-state index contributed by atoms with van der Waals surface area (Å²) in [5, 5.41) is 0. The van der Waals surface area contributed by atoms with Crippen LogP contribution in [0.3, 0.4) is 0 Å². The second-order valence-electron chi connectivity index (χ2n) is 4.31. The number of hydrogen-bond acceptors (Lipinski definition) is 2. The molecule has 0 spiro atoms. The lowest BCUT2D eigenvalue weighted by Crippen LogP contribution is -2.49. The van der Waals surface area contributed by atoms with Gasteiger partial charge in [0.1, 0.15) is 0 Å². The molecule has 0 amide bonds. The van der Waals surface area contributed by atoms with Gasteiger partial charge in [0.05, 0.1) is 5.60 Å². The third-order valence-corrected chi connectivity index (χ3v) is 3.45. The van der Waals surface area contributed by atoms with Crippen molar-refractivity contribution in [1.82, 2.24) is 0 Å². The van der Waals surface area contributed by atoms with Gasteiger partial charge < -0.3 is 10.5 Å². The fraction of sp³-hybridized carbons (Fsp3) is 0.833. The highest BCUT2D eigenvalue weighted by molar-refractivity contribution is 4.95. The van der Waals surface area contributed by atoms with E-state index in [9.17, 15) is 0 Å². The monoisotopic (exact) mass is 197 g/mol. The highest BCUT2D eigenvalue weighted by Crippen LogP contribution is 2.33. The molecule has 82 valence electrons. The topological polar surface area (TPSA) is 35.2 Å². The van der Waals surface area contributed by atoms with E-state index in [2.05, 4.69) is 6.58 Å². The molecule has 1 aliphatic rings. The predicted molar refractivity (Wildman–Crippen MR) is 60.2 cm³/mol. The van der Waals surface area contributed by atoms with Gasteiger partial charge in [0.2, 0.25) is 0 Å². The molecular weight excluding hydrogens is 174 g/mol. The molecule has 0 saturated heterocycles. The van der Waals surface area contributed by atoms with E-state index < -0.39 is 0 Å². The van der Waals surface area contributed by atoms with Gasteiger partial charge in [-0.1, -0.05) is 31.8 Å². The average molecular weight is 197 g/mol. The van der Waals surface area contributed by atoms with Gasteiger partial charge in [0.15, 0.2) is 0 Å². The maximum absolute atomic E-state index is 6.18. The molecule has 2 heteroatoms. The number of hydrogen-bond donors (Lipinski definition) is 1. The highest BCUT2D eigenvalue weighted by atomic mass is 16.5. The quantitative estimate of drug-likeness (QED) is 0.555. The second-order valence-corrected chi connectivity index (χ2v) is 4.31. The molecule has 0 radical (unpaired) electrons. The molecule has 1 saturated carbocycles. The third kappa shape index (κ3) is 2.58. The molecule has 0 aromatic heterocycles. The Hall–Kier alpha value is -0.340. The number of methoxy groups -OCH3 is 1. The van der Waals surface area contributed by atoms with Crippen molar-refractivity contribution in [1.29, 1.82) is 0 Å². The summed E-state index contributed by atoms with van der Waals surface area (Å²) >= 11 is 0. The minimum absolute atomic E-state index is 0.0787. The van der Waals surface area contributed by atoms with Crippen LogP contribution in [0.15, 0.2) is 12.7 Å². The molecule has 0 bridgehead atoms. The normalized spacial score (nSPS) is 23.9. The van der Waals surface area contributed by atoms with Gasteiger partial charge in [0.25, 0.3) is 0 Å². The van der Waals surface area contributed by atoms with Crippen molar-refractivity contribution < 1.29 is 4.74 Å². The van der Waals surface area contributed by atoms with Crippen LogP contribution < -0.4 is 5.73 Å². The van der Waals surface area contributed by atoms with Crippen molar-refractivity contribution in [3.05, 3.63) is 12.7 Å². The van der Waals surface area contributed by atoms with Crippen LogP contribution in [-0.4, -0.2) is 18.8 Å². The van der Waals surface area contributed by atoms with Crippen molar-refractivity contribution in [2.45, 2.75) is 56.6 Å². The number of ether oxygens (including phenoxy) is 1. The van der Waals surface area contributed by atoms with Crippen molar-refractivity contribution in [3.8, 4) is 0 Å². The van der Waals surface area contributed by atoms with Crippen LogP contribution in [0.25, 0.3) is 0 Å². The lowest BCUT2D eigenvalue weighted by molar-refractivity contribution is -0.0424. The van der Waals surface area contributed by atoms with Crippen LogP contribution in [0.1, 0.15) is 44.9 Å². The Morgan fingerprint density at radius 2 is 1.93 bits per heavy atom. The smallest absolute Gasteiger partial charge is 0.0831 e. The van der Waals surface area contributed by atoms with E-state index >= 15 is 0 Å². The summed E-state index contributed by atoms with van der Waals surface area (Å²) in [5.41, 5.74) is 6.10. The fourth-order valence-corrected chi connectivity index (χ4v) is 2.45. The Morgan fingerprint density at radius 3 is 2.36 bits per heavy atom. The maximum atomic E-state index is 6.18. The van der Waals surface area contributed by atoms with Gasteiger partial charge in [-0.3, -0.25) is 0 Å². The first-order valence-corrected chi connectivity index (χ1v) is 5.67. The minimum Gasteiger partial charge on any atom is -0.377 e. The maximum Gasteiger partial charge on any atom is 0.0831 e. The van der Waals surface area contributed by atoms with Gasteiger partial charge in [-0.15, -0.1) is 6.58 Å². The Labute approximate surface area is 87.5 Å². The first-order valence-electron chi connectivity index (χ1n) is 5.67. The van der Waals surface area contributed by atoms with Gasteiger partial charge in [-0.2, -0.15) is 0 Å². The van der Waals surface area contributed by atoms with Crippen LogP contribution >= 0.6 is 0 Å². The molecular formula is C12H23NO. The van der Waals surface area contributed by atoms with Crippen LogP contribution in [0.2, 0.25) is 0 Å². The molecule has 1 fully saturated rings. The first-order chi connectivity index (χ1) is 6.75. The fourth-order valence-electron chi connectivity index (χ4n) is 2.45. The zero-order valence-electron chi connectivity index (χ0n) is 9.30. The lowest BCUT2D eigenvalue weighted by Gasteiger charge is -2.36. The van der Waals surface area contributed by atoms with Crippen molar-refractivity contribution in [2.24, 2.45) is 5.73 Å². The number of rotatable bonds is 4. The number of nitrogens with two attached hydrogens (primary N) is 1.